The van der Waals surface area contributed by atoms with Crippen LogP contribution >= 0.6 is 0 Å². The van der Waals surface area contributed by atoms with Crippen molar-refractivity contribution in [3.8, 4) is 0 Å². The van der Waals surface area contributed by atoms with E-state index < -0.39 is 28.9 Å². The van der Waals surface area contributed by atoms with Gasteiger partial charge in [-0.2, -0.15) is 26.3 Å². The highest BCUT2D eigenvalue weighted by molar-refractivity contribution is 5.81. The van der Waals surface area contributed by atoms with Crippen molar-refractivity contribution in [2.45, 2.75) is 45.1 Å². The molecule has 1 atom stereocenters. The molecule has 0 heterocycles. The van der Waals surface area contributed by atoms with Gasteiger partial charge in [0, 0.05) is 5.56 Å². The fourth-order valence-corrected chi connectivity index (χ4v) is 3.36. The fourth-order valence-electron chi connectivity index (χ4n) is 3.36. The standard InChI is InChI=1S/C20H20F6O2/c1-12(2)17(3)10-13(11-27)4-9-16(17)14-5-7-15(8-6-14)18(28,19(21,22)23)20(24,25)26/h4-9,11-12,28H,10H2,1-3H3. The average Bonchev–Trinajstić information content (AvgIpc) is 2.59. The topological polar surface area (TPSA) is 37.3 Å². The maximum absolute atomic E-state index is 13.0. The molecule has 0 fully saturated rings. The number of aldehydes is 1. The Morgan fingerprint density at radius 2 is 1.50 bits per heavy atom. The van der Waals surface area contributed by atoms with Crippen LogP contribution in [0.3, 0.4) is 0 Å². The Morgan fingerprint density at radius 1 is 1.00 bits per heavy atom. The molecular weight excluding hydrogens is 386 g/mol. The second-order valence-electron chi connectivity index (χ2n) is 7.47. The van der Waals surface area contributed by atoms with Crippen molar-refractivity contribution in [2.75, 3.05) is 0 Å². The van der Waals surface area contributed by atoms with Crippen LogP contribution in [-0.2, 0) is 10.4 Å². The van der Waals surface area contributed by atoms with Crippen molar-refractivity contribution in [1.29, 1.82) is 0 Å². The third-order valence-corrected chi connectivity index (χ3v) is 5.51. The van der Waals surface area contributed by atoms with E-state index in [2.05, 4.69) is 0 Å². The van der Waals surface area contributed by atoms with Crippen LogP contribution < -0.4 is 0 Å². The molecular formula is C20H20F6O2. The Bertz CT molecular complexity index is 785. The normalized spacial score (nSPS) is 21.4. The van der Waals surface area contributed by atoms with Crippen LogP contribution in [-0.4, -0.2) is 23.7 Å². The van der Waals surface area contributed by atoms with E-state index in [1.165, 1.54) is 0 Å². The van der Waals surface area contributed by atoms with Crippen molar-refractivity contribution in [2.24, 2.45) is 11.3 Å². The summed E-state index contributed by atoms with van der Waals surface area (Å²) in [6.07, 6.45) is -7.49. The van der Waals surface area contributed by atoms with Gasteiger partial charge in [0.05, 0.1) is 0 Å². The molecule has 0 aliphatic heterocycles. The van der Waals surface area contributed by atoms with Crippen LogP contribution in [0, 0.1) is 11.3 Å². The Labute approximate surface area is 158 Å². The fraction of sp³-hybridized carbons (Fsp3) is 0.450. The van der Waals surface area contributed by atoms with Crippen LogP contribution in [0.2, 0.25) is 0 Å². The number of aliphatic hydroxyl groups is 1. The predicted molar refractivity (Wildman–Crippen MR) is 92.1 cm³/mol. The lowest BCUT2D eigenvalue weighted by Gasteiger charge is -2.39. The molecule has 1 aliphatic rings. The molecule has 28 heavy (non-hydrogen) atoms. The van der Waals surface area contributed by atoms with Crippen LogP contribution in [0.5, 0.6) is 0 Å². The van der Waals surface area contributed by atoms with Gasteiger partial charge in [0.25, 0.3) is 5.60 Å². The molecule has 1 unspecified atom stereocenters. The molecule has 154 valence electrons. The lowest BCUT2D eigenvalue weighted by atomic mass is 9.65. The molecule has 0 bridgehead atoms. The molecule has 2 nitrogen and oxygen atoms in total. The van der Waals surface area contributed by atoms with Crippen molar-refractivity contribution in [3.05, 3.63) is 53.1 Å². The first-order valence-electron chi connectivity index (χ1n) is 8.51. The first-order chi connectivity index (χ1) is 12.7. The van der Waals surface area contributed by atoms with E-state index in [-0.39, 0.29) is 5.92 Å². The van der Waals surface area contributed by atoms with Gasteiger partial charge in [-0.1, -0.05) is 57.2 Å². The Balaban J connectivity index is 2.56. The number of carbonyl (C=O) groups is 1. The molecule has 0 amide bonds. The summed E-state index contributed by atoms with van der Waals surface area (Å²) in [6, 6.07) is 3.53. The maximum atomic E-state index is 13.0. The smallest absolute Gasteiger partial charge is 0.369 e. The minimum absolute atomic E-state index is 0.0457. The monoisotopic (exact) mass is 406 g/mol. The summed E-state index contributed by atoms with van der Waals surface area (Å²) in [4.78, 5) is 11.1. The molecule has 1 aromatic carbocycles. The van der Waals surface area contributed by atoms with Crippen LogP contribution in [0.4, 0.5) is 26.3 Å². The molecule has 2 rings (SSSR count). The van der Waals surface area contributed by atoms with Gasteiger partial charge in [0.2, 0.25) is 0 Å². The predicted octanol–water partition coefficient (Wildman–Crippen LogP) is 5.57. The number of alkyl halides is 6. The quantitative estimate of drug-likeness (QED) is 0.524. The summed E-state index contributed by atoms with van der Waals surface area (Å²) in [5.74, 6) is 0.0457. The molecule has 1 aromatic rings. The zero-order valence-electron chi connectivity index (χ0n) is 15.4. The van der Waals surface area contributed by atoms with Gasteiger partial charge in [-0.15, -0.1) is 0 Å². The van der Waals surface area contributed by atoms with Gasteiger partial charge < -0.3 is 5.11 Å². The Hall–Kier alpha value is -2.09. The first-order valence-corrected chi connectivity index (χ1v) is 8.51. The van der Waals surface area contributed by atoms with E-state index in [9.17, 15) is 36.2 Å². The third-order valence-electron chi connectivity index (χ3n) is 5.51. The highest BCUT2D eigenvalue weighted by Gasteiger charge is 2.71. The third kappa shape index (κ3) is 3.50. The van der Waals surface area contributed by atoms with Crippen molar-refractivity contribution < 1.29 is 36.2 Å². The minimum atomic E-state index is -5.93. The Morgan fingerprint density at radius 3 is 1.89 bits per heavy atom. The van der Waals surface area contributed by atoms with Crippen LogP contribution in [0.25, 0.3) is 5.57 Å². The second-order valence-corrected chi connectivity index (χ2v) is 7.47. The van der Waals surface area contributed by atoms with E-state index in [0.717, 1.165) is 18.4 Å². The minimum Gasteiger partial charge on any atom is -0.369 e. The number of allylic oxidation sites excluding steroid dienone is 4. The average molecular weight is 406 g/mol. The molecule has 0 radical (unpaired) electrons. The van der Waals surface area contributed by atoms with Gasteiger partial charge >= 0.3 is 12.4 Å². The van der Waals surface area contributed by atoms with Crippen molar-refractivity contribution in [1.82, 2.24) is 0 Å². The molecule has 8 heteroatoms. The number of carbonyl (C=O) groups excluding carboxylic acids is 1. The van der Waals surface area contributed by atoms with Gasteiger partial charge in [-0.25, -0.2) is 0 Å². The number of hydrogen-bond donors (Lipinski definition) is 1. The summed E-state index contributed by atoms with van der Waals surface area (Å²) in [5, 5.41) is 9.50. The molecule has 0 saturated carbocycles. The summed E-state index contributed by atoms with van der Waals surface area (Å²) in [6.45, 7) is 5.72. The largest absolute Gasteiger partial charge is 0.430 e. The number of rotatable bonds is 4. The molecule has 1 N–H and O–H groups in total. The van der Waals surface area contributed by atoms with E-state index in [1.54, 1.807) is 12.2 Å². The first kappa shape index (κ1) is 22.2. The Kier molecular flexibility index (Phi) is 5.60. The van der Waals surface area contributed by atoms with Gasteiger partial charge in [0.1, 0.15) is 6.29 Å². The van der Waals surface area contributed by atoms with Crippen LogP contribution in [0.1, 0.15) is 38.3 Å². The maximum Gasteiger partial charge on any atom is 0.430 e. The molecule has 0 spiro atoms. The summed E-state index contributed by atoms with van der Waals surface area (Å²) in [7, 11) is 0. The number of hydrogen-bond acceptors (Lipinski definition) is 2. The lowest BCUT2D eigenvalue weighted by Crippen LogP contribution is -2.53. The second kappa shape index (κ2) is 7.06. The summed E-state index contributed by atoms with van der Waals surface area (Å²) >= 11 is 0. The molecule has 0 saturated heterocycles. The molecule has 1 aliphatic carbocycles. The van der Waals surface area contributed by atoms with Gasteiger partial charge in [-0.3, -0.25) is 4.79 Å². The van der Waals surface area contributed by atoms with E-state index in [1.807, 2.05) is 20.8 Å². The van der Waals surface area contributed by atoms with E-state index in [4.69, 9.17) is 0 Å². The zero-order valence-corrected chi connectivity index (χ0v) is 15.4. The summed E-state index contributed by atoms with van der Waals surface area (Å²) < 4.78 is 78.2. The number of benzene rings is 1. The lowest BCUT2D eigenvalue weighted by molar-refractivity contribution is -0.376. The highest BCUT2D eigenvalue weighted by Crippen LogP contribution is 2.51. The van der Waals surface area contributed by atoms with Crippen molar-refractivity contribution in [3.63, 3.8) is 0 Å². The van der Waals surface area contributed by atoms with Gasteiger partial charge in [-0.05, 0) is 34.5 Å². The van der Waals surface area contributed by atoms with Gasteiger partial charge in [0.15, 0.2) is 0 Å². The zero-order chi connectivity index (χ0) is 21.5. The van der Waals surface area contributed by atoms with Crippen LogP contribution in [0.15, 0.2) is 42.0 Å². The highest BCUT2D eigenvalue weighted by atomic mass is 19.4. The van der Waals surface area contributed by atoms with E-state index in [0.29, 0.717) is 35.3 Å². The van der Waals surface area contributed by atoms with Crippen molar-refractivity contribution >= 4 is 11.9 Å². The number of halogens is 6. The summed E-state index contributed by atoms with van der Waals surface area (Å²) in [5.41, 5.74) is -5.11. The van der Waals surface area contributed by atoms with E-state index >= 15 is 0 Å². The molecule has 0 aromatic heterocycles. The SMILES string of the molecule is CC(C)C1(C)CC(C=O)=CC=C1c1ccc(C(O)(C(F)(F)F)C(F)(F)F)cc1.